The van der Waals surface area contributed by atoms with Gasteiger partial charge in [0.05, 0.1) is 11.3 Å². The predicted octanol–water partition coefficient (Wildman–Crippen LogP) is 1.64. The van der Waals surface area contributed by atoms with E-state index in [-0.39, 0.29) is 0 Å². The van der Waals surface area contributed by atoms with Gasteiger partial charge < -0.3 is 15.4 Å². The highest BCUT2D eigenvalue weighted by Crippen LogP contribution is 2.28. The molecule has 0 bridgehead atoms. The Morgan fingerprint density at radius 2 is 2.00 bits per heavy atom. The highest BCUT2D eigenvalue weighted by Gasteiger charge is 2.42. The summed E-state index contributed by atoms with van der Waals surface area (Å²) in [6, 6.07) is 8.21. The zero-order valence-electron chi connectivity index (χ0n) is 15.3. The zero-order valence-corrected chi connectivity index (χ0v) is 16.2. The van der Waals surface area contributed by atoms with Crippen LogP contribution in [0.2, 0.25) is 0 Å². The molecule has 140 valence electrons. The molecular formula is C18H29N3O3S. The number of guanidine groups is 1. The van der Waals surface area contributed by atoms with E-state index < -0.39 is 14.6 Å². The van der Waals surface area contributed by atoms with E-state index in [1.165, 1.54) is 11.8 Å². The maximum absolute atomic E-state index is 12.3. The molecule has 0 radical (unpaired) electrons. The Morgan fingerprint density at radius 3 is 2.60 bits per heavy atom. The summed E-state index contributed by atoms with van der Waals surface area (Å²) < 4.78 is 29.2. The van der Waals surface area contributed by atoms with Crippen molar-refractivity contribution in [1.82, 2.24) is 10.6 Å². The summed E-state index contributed by atoms with van der Waals surface area (Å²) in [4.78, 5) is 4.59. The fraction of sp³-hybridized carbons (Fsp3) is 0.611. The Bertz CT molecular complexity index is 695. The van der Waals surface area contributed by atoms with E-state index in [0.29, 0.717) is 51.6 Å². The van der Waals surface area contributed by atoms with Crippen LogP contribution in [-0.4, -0.2) is 51.7 Å². The first kappa shape index (κ1) is 19.7. The molecule has 1 aliphatic rings. The number of hydrogen-bond donors (Lipinski definition) is 2. The van der Waals surface area contributed by atoms with Crippen LogP contribution in [0.3, 0.4) is 0 Å². The average molecular weight is 368 g/mol. The van der Waals surface area contributed by atoms with E-state index in [0.717, 1.165) is 5.56 Å². The number of sulfone groups is 1. The van der Waals surface area contributed by atoms with Crippen molar-refractivity contribution in [2.45, 2.75) is 38.0 Å². The molecule has 0 aromatic heterocycles. The summed E-state index contributed by atoms with van der Waals surface area (Å²) in [6.07, 6.45) is 2.34. The lowest BCUT2D eigenvalue weighted by atomic mass is 9.99. The van der Waals surface area contributed by atoms with Crippen molar-refractivity contribution in [3.63, 3.8) is 0 Å². The Balaban J connectivity index is 2.08. The van der Waals surface area contributed by atoms with E-state index >= 15 is 0 Å². The molecule has 0 aliphatic carbocycles. The quantitative estimate of drug-likeness (QED) is 0.590. The number of benzene rings is 1. The molecule has 0 atom stereocenters. The van der Waals surface area contributed by atoms with Crippen LogP contribution in [0.5, 0.6) is 0 Å². The maximum atomic E-state index is 12.3. The summed E-state index contributed by atoms with van der Waals surface area (Å²) in [5.41, 5.74) is 2.32. The fourth-order valence-corrected chi connectivity index (χ4v) is 4.23. The summed E-state index contributed by atoms with van der Waals surface area (Å²) in [5, 5.41) is 6.42. The Hall–Kier alpha value is -1.60. The van der Waals surface area contributed by atoms with Gasteiger partial charge in [-0.1, -0.05) is 29.8 Å². The van der Waals surface area contributed by atoms with Crippen molar-refractivity contribution in [2.75, 3.05) is 32.6 Å². The first-order valence-electron chi connectivity index (χ1n) is 8.71. The third-order valence-corrected chi connectivity index (χ3v) is 6.74. The van der Waals surface area contributed by atoms with Crippen molar-refractivity contribution >= 4 is 15.8 Å². The molecule has 0 unspecified atom stereocenters. The highest BCUT2D eigenvalue weighted by molar-refractivity contribution is 7.92. The molecular weight excluding hydrogens is 338 g/mol. The van der Waals surface area contributed by atoms with Crippen molar-refractivity contribution < 1.29 is 13.2 Å². The predicted molar refractivity (Wildman–Crippen MR) is 102 cm³/mol. The van der Waals surface area contributed by atoms with E-state index in [4.69, 9.17) is 4.74 Å². The minimum absolute atomic E-state index is 0.342. The first-order chi connectivity index (χ1) is 11.9. The molecule has 0 amide bonds. The summed E-state index contributed by atoms with van der Waals surface area (Å²) in [7, 11) is -3.20. The van der Waals surface area contributed by atoms with Crippen LogP contribution in [0.4, 0.5) is 0 Å². The fourth-order valence-electron chi connectivity index (χ4n) is 2.99. The van der Waals surface area contributed by atoms with Gasteiger partial charge in [-0.3, -0.25) is 0 Å². The lowest BCUT2D eigenvalue weighted by molar-refractivity contribution is 0.0756. The molecule has 6 nitrogen and oxygen atoms in total. The van der Waals surface area contributed by atoms with Crippen molar-refractivity contribution in [2.24, 2.45) is 4.99 Å². The average Bonchev–Trinajstić information content (AvgIpc) is 2.57. The highest BCUT2D eigenvalue weighted by atomic mass is 32.2. The van der Waals surface area contributed by atoms with Gasteiger partial charge in [-0.15, -0.1) is 0 Å². The molecule has 0 spiro atoms. The van der Waals surface area contributed by atoms with E-state index in [1.54, 1.807) is 0 Å². The molecule has 1 aliphatic heterocycles. The Labute approximate surface area is 151 Å². The molecule has 1 aromatic rings. The third-order valence-electron chi connectivity index (χ3n) is 4.62. The minimum Gasteiger partial charge on any atom is -0.381 e. The molecule has 25 heavy (non-hydrogen) atoms. The molecule has 1 heterocycles. The number of aliphatic imine (C=N–C) groups is 1. The molecule has 1 fully saturated rings. The molecule has 2 N–H and O–H groups in total. The smallest absolute Gasteiger partial charge is 0.191 e. The Morgan fingerprint density at radius 1 is 1.28 bits per heavy atom. The molecule has 7 heteroatoms. The van der Waals surface area contributed by atoms with Crippen LogP contribution in [0.25, 0.3) is 0 Å². The molecule has 0 saturated carbocycles. The largest absolute Gasteiger partial charge is 0.381 e. The van der Waals surface area contributed by atoms with Gasteiger partial charge in [0.1, 0.15) is 0 Å². The normalized spacial score (nSPS) is 18.0. The monoisotopic (exact) mass is 367 g/mol. The number of nitrogens with one attached hydrogen (secondary N) is 2. The lowest BCUT2D eigenvalue weighted by Crippen LogP contribution is -2.53. The van der Waals surface area contributed by atoms with E-state index in [9.17, 15) is 8.42 Å². The summed E-state index contributed by atoms with van der Waals surface area (Å²) in [6.45, 7) is 6.61. The van der Waals surface area contributed by atoms with Crippen molar-refractivity contribution in [1.29, 1.82) is 0 Å². The van der Waals surface area contributed by atoms with Crippen LogP contribution in [0, 0.1) is 6.92 Å². The van der Waals surface area contributed by atoms with Gasteiger partial charge in [0.15, 0.2) is 15.8 Å². The van der Waals surface area contributed by atoms with Crippen LogP contribution in [0.15, 0.2) is 29.3 Å². The standard InChI is InChI=1S/C18H29N3O3S/c1-4-19-17(20-13-16-7-5-6-15(2)12-16)21-14-18(25(3,22)23)8-10-24-11-9-18/h5-7,12H,4,8-11,13-14H2,1-3H3,(H2,19,20,21). The van der Waals surface area contributed by atoms with Gasteiger partial charge in [0.25, 0.3) is 0 Å². The topological polar surface area (TPSA) is 79.8 Å². The van der Waals surface area contributed by atoms with Crippen molar-refractivity contribution in [3.05, 3.63) is 35.4 Å². The minimum atomic E-state index is -3.20. The second kappa shape index (κ2) is 8.67. The number of rotatable bonds is 6. The van der Waals surface area contributed by atoms with Crippen molar-refractivity contribution in [3.8, 4) is 0 Å². The third kappa shape index (κ3) is 5.44. The molecule has 1 saturated heterocycles. The first-order valence-corrected chi connectivity index (χ1v) is 10.6. The zero-order chi connectivity index (χ0) is 18.3. The second-order valence-corrected chi connectivity index (χ2v) is 9.02. The summed E-state index contributed by atoms with van der Waals surface area (Å²) >= 11 is 0. The number of ether oxygens (including phenoxy) is 1. The lowest BCUT2D eigenvalue weighted by Gasteiger charge is -2.35. The van der Waals surface area contributed by atoms with E-state index in [1.807, 2.05) is 19.1 Å². The van der Waals surface area contributed by atoms with Gasteiger partial charge in [-0.2, -0.15) is 0 Å². The van der Waals surface area contributed by atoms with Crippen LogP contribution >= 0.6 is 0 Å². The summed E-state index contributed by atoms with van der Waals surface area (Å²) in [5.74, 6) is 0.638. The molecule has 2 rings (SSSR count). The van der Waals surface area contributed by atoms with Gasteiger partial charge in [-0.25, -0.2) is 13.4 Å². The van der Waals surface area contributed by atoms with Gasteiger partial charge in [0, 0.05) is 32.6 Å². The number of hydrogen-bond acceptors (Lipinski definition) is 4. The number of aryl methyl sites for hydroxylation is 1. The van der Waals surface area contributed by atoms with Gasteiger partial charge >= 0.3 is 0 Å². The SMILES string of the molecule is CCNC(=NCc1cccc(C)c1)NCC1(S(C)(=O)=O)CCOCC1. The van der Waals surface area contributed by atoms with Gasteiger partial charge in [0.2, 0.25) is 0 Å². The van der Waals surface area contributed by atoms with Crippen LogP contribution in [-0.2, 0) is 21.1 Å². The number of nitrogens with zero attached hydrogens (tertiary/aromatic N) is 1. The maximum Gasteiger partial charge on any atom is 0.191 e. The van der Waals surface area contributed by atoms with E-state index in [2.05, 4.69) is 34.7 Å². The van der Waals surface area contributed by atoms with Crippen LogP contribution in [0.1, 0.15) is 30.9 Å². The Kier molecular flexibility index (Phi) is 6.84. The second-order valence-electron chi connectivity index (χ2n) is 6.61. The van der Waals surface area contributed by atoms with Crippen LogP contribution < -0.4 is 10.6 Å². The van der Waals surface area contributed by atoms with Gasteiger partial charge in [-0.05, 0) is 32.3 Å². The molecule has 1 aromatic carbocycles.